The molecule has 0 aromatic heterocycles. The van der Waals surface area contributed by atoms with E-state index in [-0.39, 0.29) is 17.3 Å². The van der Waals surface area contributed by atoms with Crippen LogP contribution in [0.5, 0.6) is 0 Å². The van der Waals surface area contributed by atoms with Gasteiger partial charge in [0.15, 0.2) is 0 Å². The highest BCUT2D eigenvalue weighted by atomic mass is 35.5. The molecule has 2 aromatic rings. The first-order chi connectivity index (χ1) is 12.4. The van der Waals surface area contributed by atoms with Crippen molar-refractivity contribution in [2.45, 2.75) is 43.7 Å². The van der Waals surface area contributed by atoms with Crippen LogP contribution in [0.25, 0.3) is 0 Å². The van der Waals surface area contributed by atoms with Crippen molar-refractivity contribution in [2.24, 2.45) is 0 Å². The van der Waals surface area contributed by atoms with E-state index < -0.39 is 0 Å². The Hall–Kier alpha value is -1.42. The van der Waals surface area contributed by atoms with Crippen LogP contribution in [-0.4, -0.2) is 36.6 Å². The lowest BCUT2D eigenvalue weighted by Crippen LogP contribution is -2.64. The molecule has 3 unspecified atom stereocenters. The van der Waals surface area contributed by atoms with Crippen LogP contribution < -0.4 is 5.32 Å². The molecule has 1 heterocycles. The summed E-state index contributed by atoms with van der Waals surface area (Å²) in [5, 5.41) is 4.60. The zero-order valence-corrected chi connectivity index (χ0v) is 16.4. The molecule has 0 bridgehead atoms. The Morgan fingerprint density at radius 1 is 1.15 bits per heavy atom. The van der Waals surface area contributed by atoms with E-state index in [0.717, 1.165) is 30.1 Å². The number of hydrogen-bond donors (Lipinski definition) is 1. The molecule has 4 heteroatoms. The summed E-state index contributed by atoms with van der Waals surface area (Å²) in [7, 11) is 2.21. The summed E-state index contributed by atoms with van der Waals surface area (Å²) in [6.07, 6.45) is 1.000. The fourth-order valence-corrected chi connectivity index (χ4v) is 5.17. The van der Waals surface area contributed by atoms with Crippen molar-refractivity contribution in [2.75, 3.05) is 20.1 Å². The largest absolute Gasteiger partial charge is 0.310 e. The van der Waals surface area contributed by atoms with Crippen LogP contribution >= 0.6 is 11.6 Å². The quantitative estimate of drug-likeness (QED) is 0.816. The van der Waals surface area contributed by atoms with E-state index in [1.54, 1.807) is 12.1 Å². The number of benzene rings is 2. The van der Waals surface area contributed by atoms with Gasteiger partial charge in [0, 0.05) is 41.5 Å². The second-order valence-corrected chi connectivity index (χ2v) is 8.60. The number of halogens is 2. The molecule has 0 spiro atoms. The van der Waals surface area contributed by atoms with Gasteiger partial charge >= 0.3 is 0 Å². The zero-order valence-electron chi connectivity index (χ0n) is 15.6. The number of nitrogens with zero attached hydrogens (tertiary/aromatic N) is 1. The first-order valence-electron chi connectivity index (χ1n) is 9.38. The van der Waals surface area contributed by atoms with E-state index in [2.05, 4.69) is 43.2 Å². The molecular formula is C22H26ClFN2. The lowest BCUT2D eigenvalue weighted by atomic mass is 9.78. The van der Waals surface area contributed by atoms with Crippen molar-refractivity contribution in [1.82, 2.24) is 10.2 Å². The fraction of sp³-hybridized carbons (Fsp3) is 0.455. The number of fused-ring (bicyclic) bond motifs is 1. The maximum Gasteiger partial charge on any atom is 0.123 e. The third kappa shape index (κ3) is 2.87. The van der Waals surface area contributed by atoms with Gasteiger partial charge in [-0.15, -0.1) is 0 Å². The molecule has 2 aromatic carbocycles. The Kier molecular flexibility index (Phi) is 4.58. The summed E-state index contributed by atoms with van der Waals surface area (Å²) in [4.78, 5) is 2.45. The molecule has 26 heavy (non-hydrogen) atoms. The maximum absolute atomic E-state index is 13.4. The number of rotatable bonds is 2. The Morgan fingerprint density at radius 2 is 1.88 bits per heavy atom. The summed E-state index contributed by atoms with van der Waals surface area (Å²) in [6.45, 7) is 6.69. The van der Waals surface area contributed by atoms with Crippen molar-refractivity contribution < 1.29 is 4.39 Å². The van der Waals surface area contributed by atoms with Gasteiger partial charge < -0.3 is 5.32 Å². The number of hydrogen-bond acceptors (Lipinski definition) is 2. The molecule has 1 saturated heterocycles. The summed E-state index contributed by atoms with van der Waals surface area (Å²) in [6, 6.07) is 13.5. The number of piperazine rings is 1. The van der Waals surface area contributed by atoms with Crippen LogP contribution in [0.2, 0.25) is 5.02 Å². The average Bonchev–Trinajstić information content (AvgIpc) is 2.99. The van der Waals surface area contributed by atoms with E-state index in [1.807, 2.05) is 18.2 Å². The molecule has 1 N–H and O–H groups in total. The minimum atomic E-state index is -0.195. The van der Waals surface area contributed by atoms with Gasteiger partial charge in [-0.1, -0.05) is 35.9 Å². The molecule has 138 valence electrons. The predicted octanol–water partition coefficient (Wildman–Crippen LogP) is 4.78. The van der Waals surface area contributed by atoms with Crippen molar-refractivity contribution in [3.63, 3.8) is 0 Å². The van der Waals surface area contributed by atoms with Crippen molar-refractivity contribution in [3.05, 3.63) is 70.0 Å². The molecule has 1 fully saturated rings. The second-order valence-electron chi connectivity index (χ2n) is 8.20. The SMILES string of the molecule is CN1CCNC(C2CC(c3ccc(F)cc3)c3c(Cl)cccc32)C1(C)C. The normalized spacial score (nSPS) is 28.1. The molecule has 0 amide bonds. The van der Waals surface area contributed by atoms with Gasteiger partial charge in [-0.2, -0.15) is 0 Å². The van der Waals surface area contributed by atoms with Crippen LogP contribution in [0.15, 0.2) is 42.5 Å². The van der Waals surface area contributed by atoms with Crippen LogP contribution in [0.3, 0.4) is 0 Å². The Bertz CT molecular complexity index is 802. The van der Waals surface area contributed by atoms with E-state index >= 15 is 0 Å². The van der Waals surface area contributed by atoms with Gasteiger partial charge in [-0.25, -0.2) is 4.39 Å². The van der Waals surface area contributed by atoms with Gasteiger partial charge in [0.05, 0.1) is 0 Å². The van der Waals surface area contributed by atoms with Crippen molar-refractivity contribution >= 4 is 11.6 Å². The molecule has 4 rings (SSSR count). The van der Waals surface area contributed by atoms with Gasteiger partial charge in [0.1, 0.15) is 5.82 Å². The van der Waals surface area contributed by atoms with Crippen LogP contribution in [-0.2, 0) is 0 Å². The van der Waals surface area contributed by atoms with E-state index in [0.29, 0.717) is 12.0 Å². The van der Waals surface area contributed by atoms with E-state index in [4.69, 9.17) is 11.6 Å². The first-order valence-corrected chi connectivity index (χ1v) is 9.76. The number of likely N-dealkylation sites (N-methyl/N-ethyl adjacent to an activating group) is 1. The molecule has 2 aliphatic rings. The zero-order chi connectivity index (χ0) is 18.5. The minimum Gasteiger partial charge on any atom is -0.310 e. The summed E-state index contributed by atoms with van der Waals surface area (Å²) in [5.74, 6) is 0.407. The minimum absolute atomic E-state index is 0.0557. The van der Waals surface area contributed by atoms with Gasteiger partial charge in [-0.3, -0.25) is 4.90 Å². The van der Waals surface area contributed by atoms with E-state index in [9.17, 15) is 4.39 Å². The number of nitrogens with one attached hydrogen (secondary N) is 1. The van der Waals surface area contributed by atoms with Crippen LogP contribution in [0.1, 0.15) is 48.8 Å². The molecule has 2 nitrogen and oxygen atoms in total. The topological polar surface area (TPSA) is 15.3 Å². The average molecular weight is 373 g/mol. The maximum atomic E-state index is 13.4. The molecular weight excluding hydrogens is 347 g/mol. The Labute approximate surface area is 160 Å². The molecule has 3 atom stereocenters. The molecule has 0 saturated carbocycles. The molecule has 1 aliphatic heterocycles. The van der Waals surface area contributed by atoms with Crippen LogP contribution in [0, 0.1) is 5.82 Å². The smallest absolute Gasteiger partial charge is 0.123 e. The molecule has 0 radical (unpaired) electrons. The summed E-state index contributed by atoms with van der Waals surface area (Å²) < 4.78 is 13.4. The van der Waals surface area contributed by atoms with Crippen molar-refractivity contribution in [3.8, 4) is 0 Å². The summed E-state index contributed by atoms with van der Waals surface area (Å²) in [5.41, 5.74) is 3.76. The highest BCUT2D eigenvalue weighted by molar-refractivity contribution is 6.31. The third-order valence-electron chi connectivity index (χ3n) is 6.56. The highest BCUT2D eigenvalue weighted by Gasteiger charge is 2.46. The second kappa shape index (κ2) is 6.63. The third-order valence-corrected chi connectivity index (χ3v) is 6.88. The van der Waals surface area contributed by atoms with Gasteiger partial charge in [0.2, 0.25) is 0 Å². The standard InChI is InChI=1S/C22H26ClFN2/c1-22(2)21(25-11-12-26(22)3)18-13-17(14-7-9-15(24)10-8-14)20-16(18)5-4-6-19(20)23/h4-10,17-18,21,25H,11-13H2,1-3H3. The Balaban J connectivity index is 1.77. The van der Waals surface area contributed by atoms with Crippen LogP contribution in [0.4, 0.5) is 4.39 Å². The highest BCUT2D eigenvalue weighted by Crippen LogP contribution is 2.51. The first kappa shape index (κ1) is 18.0. The summed E-state index contributed by atoms with van der Waals surface area (Å²) >= 11 is 6.64. The lowest BCUT2D eigenvalue weighted by Gasteiger charge is -2.49. The van der Waals surface area contributed by atoms with Crippen molar-refractivity contribution in [1.29, 1.82) is 0 Å². The fourth-order valence-electron chi connectivity index (χ4n) is 4.85. The van der Waals surface area contributed by atoms with Gasteiger partial charge in [-0.05, 0) is 62.2 Å². The molecule has 1 aliphatic carbocycles. The monoisotopic (exact) mass is 372 g/mol. The van der Waals surface area contributed by atoms with Gasteiger partial charge in [0.25, 0.3) is 0 Å². The Morgan fingerprint density at radius 3 is 2.62 bits per heavy atom. The van der Waals surface area contributed by atoms with E-state index in [1.165, 1.54) is 11.1 Å². The lowest BCUT2D eigenvalue weighted by molar-refractivity contribution is 0.0609. The predicted molar refractivity (Wildman–Crippen MR) is 106 cm³/mol.